The quantitative estimate of drug-likeness (QED) is 0.872. The number of nitrogens with two attached hydrogens (primary N) is 2. The molecule has 1 heterocycles. The van der Waals surface area contributed by atoms with E-state index in [1.807, 2.05) is 24.0 Å². The fourth-order valence-corrected chi connectivity index (χ4v) is 1.87. The molecule has 5 nitrogen and oxygen atoms in total. The standard InChI is InChI=1S/C11H14ClN5.ClH/c1-2-9-15-10(13)16-11(14)17(9)8-5-3-7(12)4-6-8;/h3-6,9H,2H2,1H3,(H4,13,14,15,16);1H. The van der Waals surface area contributed by atoms with Gasteiger partial charge in [-0.1, -0.05) is 18.5 Å². The number of benzene rings is 1. The van der Waals surface area contributed by atoms with Crippen LogP contribution in [-0.2, 0) is 0 Å². The second-order valence-corrected chi connectivity index (χ2v) is 4.13. The Balaban J connectivity index is 0.00000162. The van der Waals surface area contributed by atoms with Gasteiger partial charge >= 0.3 is 0 Å². The number of anilines is 1. The smallest absolute Gasteiger partial charge is 0.220 e. The molecular formula is C11H15Cl2N5. The molecule has 0 aromatic heterocycles. The van der Waals surface area contributed by atoms with Gasteiger partial charge in [-0.25, -0.2) is 4.99 Å². The van der Waals surface area contributed by atoms with Crippen molar-refractivity contribution in [1.29, 1.82) is 0 Å². The van der Waals surface area contributed by atoms with Crippen LogP contribution in [-0.4, -0.2) is 18.1 Å². The van der Waals surface area contributed by atoms with E-state index in [2.05, 4.69) is 9.98 Å². The fraction of sp³-hybridized carbons (Fsp3) is 0.273. The predicted octanol–water partition coefficient (Wildman–Crippen LogP) is 1.95. The average Bonchev–Trinajstić information content (AvgIpc) is 2.30. The lowest BCUT2D eigenvalue weighted by atomic mass is 10.2. The van der Waals surface area contributed by atoms with Crippen LogP contribution in [0.3, 0.4) is 0 Å². The number of hydrogen-bond acceptors (Lipinski definition) is 5. The van der Waals surface area contributed by atoms with Gasteiger partial charge in [-0.2, -0.15) is 4.99 Å². The van der Waals surface area contributed by atoms with Crippen LogP contribution in [0, 0.1) is 0 Å². The molecule has 0 amide bonds. The zero-order valence-corrected chi connectivity index (χ0v) is 11.4. The van der Waals surface area contributed by atoms with Crippen LogP contribution in [0.4, 0.5) is 5.69 Å². The van der Waals surface area contributed by atoms with Gasteiger partial charge in [-0.05, 0) is 30.7 Å². The first kappa shape index (κ1) is 14.6. The molecule has 2 rings (SSSR count). The molecule has 0 aliphatic carbocycles. The van der Waals surface area contributed by atoms with Gasteiger partial charge in [0.1, 0.15) is 6.17 Å². The Hall–Kier alpha value is -1.46. The minimum absolute atomic E-state index is 0. The summed E-state index contributed by atoms with van der Waals surface area (Å²) in [4.78, 5) is 10.1. The van der Waals surface area contributed by atoms with Gasteiger partial charge in [0.05, 0.1) is 0 Å². The number of rotatable bonds is 2. The van der Waals surface area contributed by atoms with Crippen molar-refractivity contribution in [2.24, 2.45) is 21.5 Å². The Labute approximate surface area is 117 Å². The van der Waals surface area contributed by atoms with Gasteiger partial charge < -0.3 is 11.5 Å². The molecule has 1 aliphatic rings. The lowest BCUT2D eigenvalue weighted by Gasteiger charge is -2.31. The summed E-state index contributed by atoms with van der Waals surface area (Å²) >= 11 is 5.85. The molecule has 1 unspecified atom stereocenters. The highest BCUT2D eigenvalue weighted by Crippen LogP contribution is 2.23. The average molecular weight is 288 g/mol. The molecule has 7 heteroatoms. The van der Waals surface area contributed by atoms with Crippen LogP contribution >= 0.6 is 24.0 Å². The molecule has 1 aliphatic heterocycles. The highest BCUT2D eigenvalue weighted by atomic mass is 35.5. The topological polar surface area (TPSA) is 80.0 Å². The van der Waals surface area contributed by atoms with Gasteiger partial charge in [0, 0.05) is 10.7 Å². The molecule has 18 heavy (non-hydrogen) atoms. The fourth-order valence-electron chi connectivity index (χ4n) is 1.74. The van der Waals surface area contributed by atoms with Crippen LogP contribution in [0.5, 0.6) is 0 Å². The molecule has 0 spiro atoms. The summed E-state index contributed by atoms with van der Waals surface area (Å²) in [5.41, 5.74) is 12.4. The molecule has 1 atom stereocenters. The van der Waals surface area contributed by atoms with Crippen molar-refractivity contribution in [3.8, 4) is 0 Å². The predicted molar refractivity (Wildman–Crippen MR) is 78.5 cm³/mol. The first-order valence-electron chi connectivity index (χ1n) is 5.34. The van der Waals surface area contributed by atoms with Gasteiger partial charge in [0.25, 0.3) is 0 Å². The van der Waals surface area contributed by atoms with Crippen molar-refractivity contribution < 1.29 is 0 Å². The van der Waals surface area contributed by atoms with Gasteiger partial charge in [-0.15, -0.1) is 12.4 Å². The minimum atomic E-state index is -0.117. The first-order valence-corrected chi connectivity index (χ1v) is 5.72. The molecule has 4 N–H and O–H groups in total. The summed E-state index contributed by atoms with van der Waals surface area (Å²) < 4.78 is 0. The van der Waals surface area contributed by atoms with E-state index in [9.17, 15) is 0 Å². The SMILES string of the molecule is CCC1N=C(N)N=C(N)N1c1ccc(Cl)cc1.Cl. The highest BCUT2D eigenvalue weighted by molar-refractivity contribution is 6.30. The molecule has 0 saturated heterocycles. The summed E-state index contributed by atoms with van der Waals surface area (Å²) in [6, 6.07) is 7.37. The highest BCUT2D eigenvalue weighted by Gasteiger charge is 2.24. The second kappa shape index (κ2) is 5.93. The molecule has 98 valence electrons. The lowest BCUT2D eigenvalue weighted by molar-refractivity contribution is 0.660. The van der Waals surface area contributed by atoms with Crippen molar-refractivity contribution in [2.75, 3.05) is 4.90 Å². The largest absolute Gasteiger partial charge is 0.369 e. The lowest BCUT2D eigenvalue weighted by Crippen LogP contribution is -2.48. The Bertz CT molecular complexity index is 469. The second-order valence-electron chi connectivity index (χ2n) is 3.69. The van der Waals surface area contributed by atoms with Crippen molar-refractivity contribution in [2.45, 2.75) is 19.5 Å². The number of guanidine groups is 2. The third-order valence-electron chi connectivity index (χ3n) is 2.53. The summed E-state index contributed by atoms with van der Waals surface area (Å²) in [7, 11) is 0. The molecule has 0 fully saturated rings. The van der Waals surface area contributed by atoms with E-state index in [0.29, 0.717) is 11.0 Å². The van der Waals surface area contributed by atoms with Crippen LogP contribution in [0.15, 0.2) is 34.3 Å². The van der Waals surface area contributed by atoms with Crippen molar-refractivity contribution in [3.05, 3.63) is 29.3 Å². The number of nitrogens with zero attached hydrogens (tertiary/aromatic N) is 3. The van der Waals surface area contributed by atoms with Crippen LogP contribution < -0.4 is 16.4 Å². The maximum Gasteiger partial charge on any atom is 0.220 e. The molecular weight excluding hydrogens is 273 g/mol. The zero-order chi connectivity index (χ0) is 12.4. The van der Waals surface area contributed by atoms with E-state index in [0.717, 1.165) is 12.1 Å². The maximum absolute atomic E-state index is 5.89. The van der Waals surface area contributed by atoms with Crippen molar-refractivity contribution in [3.63, 3.8) is 0 Å². The first-order chi connectivity index (χ1) is 8.11. The number of hydrogen-bond donors (Lipinski definition) is 2. The van der Waals surface area contributed by atoms with E-state index in [-0.39, 0.29) is 24.5 Å². The van der Waals surface area contributed by atoms with Gasteiger partial charge in [0.2, 0.25) is 11.9 Å². The van der Waals surface area contributed by atoms with E-state index in [1.54, 1.807) is 12.1 Å². The summed E-state index contributed by atoms with van der Waals surface area (Å²) in [6.45, 7) is 2.02. The molecule has 1 aromatic rings. The van der Waals surface area contributed by atoms with Crippen LogP contribution in [0.25, 0.3) is 0 Å². The van der Waals surface area contributed by atoms with Crippen molar-refractivity contribution in [1.82, 2.24) is 0 Å². The van der Waals surface area contributed by atoms with E-state index in [4.69, 9.17) is 23.1 Å². The third kappa shape index (κ3) is 2.86. The molecule has 0 bridgehead atoms. The molecule has 0 radical (unpaired) electrons. The van der Waals surface area contributed by atoms with Gasteiger partial charge in [0.15, 0.2) is 0 Å². The molecule has 1 aromatic carbocycles. The maximum atomic E-state index is 5.89. The Kier molecular flexibility index (Phi) is 4.81. The summed E-state index contributed by atoms with van der Waals surface area (Å²) in [6.07, 6.45) is 0.674. The van der Waals surface area contributed by atoms with Gasteiger partial charge in [-0.3, -0.25) is 4.90 Å². The Morgan fingerprint density at radius 3 is 2.44 bits per heavy atom. The third-order valence-corrected chi connectivity index (χ3v) is 2.78. The Morgan fingerprint density at radius 2 is 1.89 bits per heavy atom. The minimum Gasteiger partial charge on any atom is -0.369 e. The molecule has 0 saturated carbocycles. The van der Waals surface area contributed by atoms with Crippen molar-refractivity contribution >= 4 is 41.6 Å². The summed E-state index contributed by atoms with van der Waals surface area (Å²) in [5.74, 6) is 0.575. The van der Waals surface area contributed by atoms with E-state index < -0.39 is 0 Å². The normalized spacial score (nSPS) is 18.8. The van der Waals surface area contributed by atoms with Crippen LogP contribution in [0.2, 0.25) is 5.02 Å². The Morgan fingerprint density at radius 1 is 1.28 bits per heavy atom. The van der Waals surface area contributed by atoms with Crippen LogP contribution in [0.1, 0.15) is 13.3 Å². The van der Waals surface area contributed by atoms with E-state index >= 15 is 0 Å². The number of halogens is 2. The summed E-state index contributed by atoms with van der Waals surface area (Å²) in [5, 5.41) is 0.678. The number of aliphatic imine (C=N–C) groups is 2. The zero-order valence-electron chi connectivity index (χ0n) is 9.88. The van der Waals surface area contributed by atoms with E-state index in [1.165, 1.54) is 0 Å². The monoisotopic (exact) mass is 287 g/mol.